The lowest BCUT2D eigenvalue weighted by atomic mass is 9.87. The number of para-hydroxylation sites is 1. The van der Waals surface area contributed by atoms with Crippen molar-refractivity contribution in [3.05, 3.63) is 89.5 Å². The molecule has 15 heteroatoms. The van der Waals surface area contributed by atoms with Crippen LogP contribution >= 0.6 is 11.8 Å². The molecule has 54 heavy (non-hydrogen) atoms. The van der Waals surface area contributed by atoms with E-state index in [0.717, 1.165) is 29.7 Å². The Morgan fingerprint density at radius 1 is 0.870 bits per heavy atom. The monoisotopic (exact) mass is 747 g/mol. The Hall–Kier alpha value is -5.96. The summed E-state index contributed by atoms with van der Waals surface area (Å²) in [4.78, 5) is 80.3. The molecule has 0 saturated carbocycles. The number of nitrogens with one attached hydrogen (secondary N) is 2. The molecule has 276 valence electrons. The normalized spacial score (nSPS) is 19.9. The lowest BCUT2D eigenvalue weighted by Gasteiger charge is -2.38. The van der Waals surface area contributed by atoms with Crippen LogP contribution in [0.25, 0.3) is 11.3 Å². The Morgan fingerprint density at radius 3 is 2.33 bits per heavy atom. The van der Waals surface area contributed by atoms with Gasteiger partial charge in [0.25, 0.3) is 17.7 Å². The van der Waals surface area contributed by atoms with Gasteiger partial charge in [-0.25, -0.2) is 4.68 Å². The molecule has 6 amide bonds. The van der Waals surface area contributed by atoms with Crippen LogP contribution in [-0.2, 0) is 14.4 Å². The van der Waals surface area contributed by atoms with Gasteiger partial charge in [-0.2, -0.15) is 5.10 Å². The average Bonchev–Trinajstić information content (AvgIpc) is 3.70. The van der Waals surface area contributed by atoms with Crippen LogP contribution in [0.1, 0.15) is 69.2 Å². The van der Waals surface area contributed by atoms with Crippen molar-refractivity contribution < 1.29 is 33.5 Å². The zero-order chi connectivity index (χ0) is 37.5. The van der Waals surface area contributed by atoms with E-state index < -0.39 is 35.6 Å². The summed E-state index contributed by atoms with van der Waals surface area (Å²) in [5.74, 6) is -0.701. The number of carbonyl (C=O) groups excluding carboxylic acids is 6. The summed E-state index contributed by atoms with van der Waals surface area (Å²) < 4.78 is 7.84. The highest BCUT2D eigenvalue weighted by Crippen LogP contribution is 2.41. The minimum absolute atomic E-state index is 0.00295. The van der Waals surface area contributed by atoms with Crippen LogP contribution < -0.4 is 21.1 Å². The van der Waals surface area contributed by atoms with Crippen molar-refractivity contribution in [3.63, 3.8) is 0 Å². The third kappa shape index (κ3) is 6.48. The van der Waals surface area contributed by atoms with Crippen LogP contribution in [0.2, 0.25) is 0 Å². The average molecular weight is 748 g/mol. The van der Waals surface area contributed by atoms with E-state index in [1.165, 1.54) is 17.8 Å². The maximum absolute atomic E-state index is 13.5. The number of aromatic nitrogens is 2. The van der Waals surface area contributed by atoms with Gasteiger partial charge in [0.2, 0.25) is 17.7 Å². The Morgan fingerprint density at radius 2 is 1.61 bits per heavy atom. The van der Waals surface area contributed by atoms with E-state index in [1.54, 1.807) is 12.1 Å². The number of piperidine rings is 2. The van der Waals surface area contributed by atoms with Gasteiger partial charge in [-0.05, 0) is 80.1 Å². The number of nitrogens with zero attached hydrogens (tertiary/aromatic N) is 4. The number of fused-ring (bicyclic) bond motifs is 2. The maximum Gasteiger partial charge on any atom is 0.263 e. The molecular formula is C39H37N7O7S. The largest absolute Gasteiger partial charge is 0.457 e. The maximum atomic E-state index is 13.5. The molecule has 3 aromatic carbocycles. The summed E-state index contributed by atoms with van der Waals surface area (Å²) in [6.07, 6.45) is 2.38. The number of thioether (sulfide) groups is 1. The van der Waals surface area contributed by atoms with Crippen molar-refractivity contribution in [1.29, 1.82) is 0 Å². The predicted molar refractivity (Wildman–Crippen MR) is 198 cm³/mol. The summed E-state index contributed by atoms with van der Waals surface area (Å²) >= 11 is 1.19. The van der Waals surface area contributed by atoms with Crippen molar-refractivity contribution in [2.45, 2.75) is 49.1 Å². The van der Waals surface area contributed by atoms with Crippen molar-refractivity contribution in [1.82, 2.24) is 24.9 Å². The second-order valence-electron chi connectivity index (χ2n) is 13.7. The highest BCUT2D eigenvalue weighted by Gasteiger charge is 2.46. The smallest absolute Gasteiger partial charge is 0.263 e. The zero-order valence-electron chi connectivity index (χ0n) is 29.2. The molecule has 1 aromatic heterocycles. The SMILES string of the molecule is NC(=O)c1c(-c2ccc(Oc3ccccc3)cc2)nn2c1NCCC2C1CCN(C(=O)CSc2cccc3c2C(=O)N(C2CCC(=O)NC2=O)C3=O)CC1. The van der Waals surface area contributed by atoms with Gasteiger partial charge in [0.1, 0.15) is 34.6 Å². The molecule has 2 atom stereocenters. The zero-order valence-corrected chi connectivity index (χ0v) is 30.0. The molecule has 0 bridgehead atoms. The van der Waals surface area contributed by atoms with Gasteiger partial charge in [0.05, 0.1) is 22.9 Å². The van der Waals surface area contributed by atoms with Crippen LogP contribution in [0.15, 0.2) is 77.7 Å². The summed E-state index contributed by atoms with van der Waals surface area (Å²) in [5, 5.41) is 10.5. The first-order valence-corrected chi connectivity index (χ1v) is 18.9. The van der Waals surface area contributed by atoms with E-state index in [0.29, 0.717) is 53.1 Å². The predicted octanol–water partition coefficient (Wildman–Crippen LogP) is 4.23. The lowest BCUT2D eigenvalue weighted by Crippen LogP contribution is -2.54. The number of hydrogen-bond donors (Lipinski definition) is 3. The molecular weight excluding hydrogens is 711 g/mol. The molecule has 2 unspecified atom stereocenters. The second kappa shape index (κ2) is 14.5. The molecule has 4 aromatic rings. The Bertz CT molecular complexity index is 2180. The number of rotatable bonds is 9. The molecule has 4 N–H and O–H groups in total. The minimum atomic E-state index is -1.06. The molecule has 8 rings (SSSR count). The van der Waals surface area contributed by atoms with E-state index >= 15 is 0 Å². The number of benzene rings is 3. The van der Waals surface area contributed by atoms with Gasteiger partial charge in [0, 0.05) is 36.5 Å². The number of anilines is 1. The van der Waals surface area contributed by atoms with E-state index in [-0.39, 0.29) is 47.6 Å². The van der Waals surface area contributed by atoms with Gasteiger partial charge in [0.15, 0.2) is 0 Å². The Kier molecular flexibility index (Phi) is 9.40. The Balaban J connectivity index is 0.917. The van der Waals surface area contributed by atoms with E-state index in [2.05, 4.69) is 10.6 Å². The fourth-order valence-corrected chi connectivity index (χ4v) is 8.83. The first-order chi connectivity index (χ1) is 26.2. The van der Waals surface area contributed by atoms with Gasteiger partial charge in [-0.15, -0.1) is 11.8 Å². The van der Waals surface area contributed by atoms with E-state index in [4.69, 9.17) is 15.6 Å². The van der Waals surface area contributed by atoms with E-state index in [1.807, 2.05) is 64.2 Å². The number of nitrogens with two attached hydrogens (primary N) is 1. The fourth-order valence-electron chi connectivity index (χ4n) is 7.85. The lowest BCUT2D eigenvalue weighted by molar-refractivity contribution is -0.136. The Labute approximate surface area is 314 Å². The van der Waals surface area contributed by atoms with Crippen LogP contribution in [0.4, 0.5) is 5.82 Å². The van der Waals surface area contributed by atoms with Crippen LogP contribution in [0, 0.1) is 5.92 Å². The molecule has 0 spiro atoms. The fraction of sp³-hybridized carbons (Fsp3) is 0.308. The second-order valence-corrected chi connectivity index (χ2v) is 14.8. The molecule has 4 aliphatic heterocycles. The number of hydrogen-bond acceptors (Lipinski definition) is 10. The van der Waals surface area contributed by atoms with Gasteiger partial charge in [-0.1, -0.05) is 24.3 Å². The van der Waals surface area contributed by atoms with E-state index in [9.17, 15) is 28.8 Å². The van der Waals surface area contributed by atoms with Gasteiger partial charge >= 0.3 is 0 Å². The number of ether oxygens (including phenoxy) is 1. The van der Waals surface area contributed by atoms with Gasteiger partial charge < -0.3 is 20.7 Å². The first-order valence-electron chi connectivity index (χ1n) is 17.9. The molecule has 2 saturated heterocycles. The van der Waals surface area contributed by atoms with Crippen LogP contribution in [0.3, 0.4) is 0 Å². The minimum Gasteiger partial charge on any atom is -0.457 e. The number of amides is 6. The standard InChI is InChI=1S/C39H37N7O7S/c40-35(49)33-34(23-9-11-25(12-10-23)53-24-5-2-1-3-6-24)43-46-27(15-18-41-36(33)46)22-16-19-44(20-17-22)31(48)21-54-29-8-4-7-26-32(29)39(52)45(38(26)51)28-13-14-30(47)42-37(28)50/h1-12,22,27-28,41H,13-21H2,(H2,40,49)(H,42,47,50). The number of primary amides is 1. The van der Waals surface area contributed by atoms with Gasteiger partial charge in [-0.3, -0.25) is 39.0 Å². The highest BCUT2D eigenvalue weighted by atomic mass is 32.2. The summed E-state index contributed by atoms with van der Waals surface area (Å²) in [5.41, 5.74) is 7.86. The molecule has 4 aliphatic rings. The first kappa shape index (κ1) is 35.1. The van der Waals surface area contributed by atoms with Crippen molar-refractivity contribution >= 4 is 53.0 Å². The van der Waals surface area contributed by atoms with Crippen molar-refractivity contribution in [2.24, 2.45) is 11.7 Å². The quantitative estimate of drug-likeness (QED) is 0.165. The number of imide groups is 2. The number of likely N-dealkylation sites (tertiary alicyclic amines) is 1. The molecule has 5 heterocycles. The number of carbonyl (C=O) groups is 6. The van der Waals surface area contributed by atoms with Crippen LogP contribution in [0.5, 0.6) is 11.5 Å². The summed E-state index contributed by atoms with van der Waals surface area (Å²) in [6.45, 7) is 1.73. The molecule has 14 nitrogen and oxygen atoms in total. The third-order valence-electron chi connectivity index (χ3n) is 10.5. The highest BCUT2D eigenvalue weighted by molar-refractivity contribution is 8.00. The summed E-state index contributed by atoms with van der Waals surface area (Å²) in [6, 6.07) is 20.7. The third-order valence-corrected chi connectivity index (χ3v) is 11.6. The van der Waals surface area contributed by atoms with Crippen molar-refractivity contribution in [3.8, 4) is 22.8 Å². The molecule has 2 fully saturated rings. The van der Waals surface area contributed by atoms with Crippen molar-refractivity contribution in [2.75, 3.05) is 30.7 Å². The summed E-state index contributed by atoms with van der Waals surface area (Å²) in [7, 11) is 0. The molecule has 0 radical (unpaired) electrons. The van der Waals surface area contributed by atoms with Crippen LogP contribution in [-0.4, -0.2) is 86.5 Å². The topological polar surface area (TPSA) is 186 Å². The molecule has 0 aliphatic carbocycles.